The van der Waals surface area contributed by atoms with Crippen molar-refractivity contribution in [3.8, 4) is 0 Å². The number of piperidine rings is 1. The molecule has 190 valence electrons. The van der Waals surface area contributed by atoms with E-state index >= 15 is 0 Å². The van der Waals surface area contributed by atoms with E-state index in [1.54, 1.807) is 12.3 Å². The number of amides is 3. The molecule has 7 nitrogen and oxygen atoms in total. The van der Waals surface area contributed by atoms with Gasteiger partial charge in [-0.05, 0) is 86.3 Å². The predicted octanol–water partition coefficient (Wildman–Crippen LogP) is 4.49. The van der Waals surface area contributed by atoms with Crippen LogP contribution in [0.5, 0.6) is 0 Å². The summed E-state index contributed by atoms with van der Waals surface area (Å²) in [5, 5.41) is 7.14. The topological polar surface area (TPSA) is 91.4 Å². The van der Waals surface area contributed by atoms with Crippen molar-refractivity contribution in [3.05, 3.63) is 70.9 Å². The van der Waals surface area contributed by atoms with Gasteiger partial charge in [-0.1, -0.05) is 18.2 Å². The van der Waals surface area contributed by atoms with E-state index in [4.69, 9.17) is 0 Å². The first kappa shape index (κ1) is 23.6. The Morgan fingerprint density at radius 3 is 2.84 bits per heavy atom. The van der Waals surface area contributed by atoms with Gasteiger partial charge in [-0.15, -0.1) is 0 Å². The van der Waals surface area contributed by atoms with Gasteiger partial charge < -0.3 is 15.5 Å². The molecule has 3 atom stereocenters. The number of hydrogen-bond acceptors (Lipinski definition) is 4. The first-order valence-corrected chi connectivity index (χ1v) is 13.3. The average Bonchev–Trinajstić information content (AvgIpc) is 2.92. The molecule has 2 fully saturated rings. The molecule has 1 saturated heterocycles. The number of aromatic nitrogens is 1. The molecular formula is C30H32N4O3. The van der Waals surface area contributed by atoms with Gasteiger partial charge in [0.2, 0.25) is 5.91 Å². The summed E-state index contributed by atoms with van der Waals surface area (Å²) in [4.78, 5) is 44.7. The highest BCUT2D eigenvalue weighted by Gasteiger charge is 2.37. The van der Waals surface area contributed by atoms with Gasteiger partial charge in [0, 0.05) is 48.4 Å². The number of aryl methyl sites for hydroxylation is 2. The SMILES string of the molecule is Cc1ccnc2c(C(=O)N3CCC4CC(NC(=O)c5ccc6c(c5)NC(=O)CC6)CCC4C3)cccc12. The zero-order valence-electron chi connectivity index (χ0n) is 21.1. The molecule has 3 heterocycles. The van der Waals surface area contributed by atoms with E-state index in [0.717, 1.165) is 66.5 Å². The van der Waals surface area contributed by atoms with E-state index in [2.05, 4.69) is 15.6 Å². The van der Waals surface area contributed by atoms with Gasteiger partial charge >= 0.3 is 0 Å². The Balaban J connectivity index is 1.08. The molecule has 2 aromatic carbocycles. The number of rotatable bonds is 3. The van der Waals surface area contributed by atoms with Crippen molar-refractivity contribution in [2.75, 3.05) is 18.4 Å². The van der Waals surface area contributed by atoms with Crippen LogP contribution in [0.1, 0.15) is 63.9 Å². The van der Waals surface area contributed by atoms with E-state index in [0.29, 0.717) is 35.8 Å². The lowest BCUT2D eigenvalue weighted by molar-refractivity contribution is -0.116. The summed E-state index contributed by atoms with van der Waals surface area (Å²) < 4.78 is 0. The lowest BCUT2D eigenvalue weighted by Gasteiger charge is -2.43. The zero-order valence-corrected chi connectivity index (χ0v) is 21.1. The minimum atomic E-state index is -0.0857. The van der Waals surface area contributed by atoms with Gasteiger partial charge in [-0.25, -0.2) is 0 Å². The van der Waals surface area contributed by atoms with Crippen LogP contribution in [-0.4, -0.2) is 46.7 Å². The highest BCUT2D eigenvalue weighted by molar-refractivity contribution is 6.06. The maximum absolute atomic E-state index is 13.5. The van der Waals surface area contributed by atoms with Crippen LogP contribution in [0.15, 0.2) is 48.7 Å². The molecule has 2 aliphatic heterocycles. The van der Waals surface area contributed by atoms with Crippen LogP contribution < -0.4 is 10.6 Å². The highest BCUT2D eigenvalue weighted by Crippen LogP contribution is 2.37. The fourth-order valence-electron chi connectivity index (χ4n) is 6.37. The molecule has 3 aromatic rings. The minimum Gasteiger partial charge on any atom is -0.349 e. The van der Waals surface area contributed by atoms with E-state index < -0.39 is 0 Å². The second kappa shape index (κ2) is 9.61. The Hall–Kier alpha value is -3.74. The molecule has 0 spiro atoms. The van der Waals surface area contributed by atoms with Crippen LogP contribution >= 0.6 is 0 Å². The van der Waals surface area contributed by atoms with E-state index in [1.165, 1.54) is 0 Å². The Morgan fingerprint density at radius 1 is 1.05 bits per heavy atom. The van der Waals surface area contributed by atoms with Crippen molar-refractivity contribution >= 4 is 34.3 Å². The molecule has 3 unspecified atom stereocenters. The summed E-state index contributed by atoms with van der Waals surface area (Å²) in [6.45, 7) is 3.54. The van der Waals surface area contributed by atoms with Crippen molar-refractivity contribution < 1.29 is 14.4 Å². The third-order valence-electron chi connectivity index (χ3n) is 8.47. The molecule has 7 heteroatoms. The molecule has 1 aliphatic carbocycles. The average molecular weight is 497 g/mol. The number of carbonyl (C=O) groups is 3. The van der Waals surface area contributed by atoms with Crippen molar-refractivity contribution in [2.24, 2.45) is 11.8 Å². The number of fused-ring (bicyclic) bond motifs is 3. The van der Waals surface area contributed by atoms with E-state index in [9.17, 15) is 14.4 Å². The number of anilines is 1. The van der Waals surface area contributed by atoms with Gasteiger partial charge in [0.15, 0.2) is 0 Å². The van der Waals surface area contributed by atoms with Crippen molar-refractivity contribution in [1.29, 1.82) is 0 Å². The van der Waals surface area contributed by atoms with Crippen LogP contribution in [0.2, 0.25) is 0 Å². The number of likely N-dealkylation sites (tertiary alicyclic amines) is 1. The quantitative estimate of drug-likeness (QED) is 0.559. The molecule has 1 aromatic heterocycles. The number of carbonyl (C=O) groups excluding carboxylic acids is 3. The highest BCUT2D eigenvalue weighted by atomic mass is 16.2. The zero-order chi connectivity index (χ0) is 25.5. The molecule has 1 saturated carbocycles. The summed E-state index contributed by atoms with van der Waals surface area (Å²) in [6, 6.07) is 13.6. The Bertz CT molecular complexity index is 1400. The standard InChI is InChI=1S/C30H32N4O3/c1-18-11-13-31-28-24(18)3-2-4-25(28)30(37)34-14-12-20-15-23(9-7-22(20)17-34)32-29(36)21-6-5-19-8-10-27(35)33-26(19)16-21/h2-6,11,13,16,20,22-23H,7-10,12,14-15,17H2,1H3,(H,32,36)(H,33,35). The van der Waals surface area contributed by atoms with Crippen molar-refractivity contribution in [3.63, 3.8) is 0 Å². The molecule has 3 aliphatic rings. The van der Waals surface area contributed by atoms with Gasteiger partial charge in [-0.3, -0.25) is 19.4 Å². The molecule has 2 N–H and O–H groups in total. The summed E-state index contributed by atoms with van der Waals surface area (Å²) in [6.07, 6.45) is 6.77. The monoisotopic (exact) mass is 496 g/mol. The van der Waals surface area contributed by atoms with E-state index in [1.807, 2.05) is 48.2 Å². The van der Waals surface area contributed by atoms with Crippen molar-refractivity contribution in [2.45, 2.75) is 51.5 Å². The van der Waals surface area contributed by atoms with Gasteiger partial charge in [-0.2, -0.15) is 0 Å². The number of nitrogens with zero attached hydrogens (tertiary/aromatic N) is 2. The lowest BCUT2D eigenvalue weighted by Crippen LogP contribution is -2.49. The Morgan fingerprint density at radius 2 is 1.95 bits per heavy atom. The van der Waals surface area contributed by atoms with Crippen molar-refractivity contribution in [1.82, 2.24) is 15.2 Å². The second-order valence-corrected chi connectivity index (χ2v) is 10.8. The van der Waals surface area contributed by atoms with Crippen LogP contribution in [0.4, 0.5) is 5.69 Å². The number of para-hydroxylation sites is 1. The normalized spacial score (nSPS) is 23.1. The van der Waals surface area contributed by atoms with Gasteiger partial charge in [0.05, 0.1) is 11.1 Å². The maximum atomic E-state index is 13.5. The third-order valence-corrected chi connectivity index (χ3v) is 8.47. The molecule has 0 bridgehead atoms. The molecule has 0 radical (unpaired) electrons. The fourth-order valence-corrected chi connectivity index (χ4v) is 6.37. The number of nitrogens with one attached hydrogen (secondary N) is 2. The van der Waals surface area contributed by atoms with Gasteiger partial charge in [0.1, 0.15) is 0 Å². The lowest BCUT2D eigenvalue weighted by atomic mass is 9.73. The Labute approximate surface area is 216 Å². The predicted molar refractivity (Wildman–Crippen MR) is 142 cm³/mol. The van der Waals surface area contributed by atoms with Gasteiger partial charge in [0.25, 0.3) is 11.8 Å². The van der Waals surface area contributed by atoms with Crippen LogP contribution in [0, 0.1) is 18.8 Å². The summed E-state index contributed by atoms with van der Waals surface area (Å²) in [5.74, 6) is 0.933. The molecular weight excluding hydrogens is 464 g/mol. The fraction of sp³-hybridized carbons (Fsp3) is 0.400. The van der Waals surface area contributed by atoms with Crippen LogP contribution in [0.3, 0.4) is 0 Å². The number of hydrogen-bond donors (Lipinski definition) is 2. The van der Waals surface area contributed by atoms with E-state index in [-0.39, 0.29) is 23.8 Å². The summed E-state index contributed by atoms with van der Waals surface area (Å²) in [7, 11) is 0. The third kappa shape index (κ3) is 4.59. The Kier molecular flexibility index (Phi) is 6.14. The minimum absolute atomic E-state index is 0.0000300. The first-order chi connectivity index (χ1) is 18.0. The summed E-state index contributed by atoms with van der Waals surface area (Å²) in [5.41, 5.74) is 5.00. The smallest absolute Gasteiger partial charge is 0.256 e. The molecule has 6 rings (SSSR count). The van der Waals surface area contributed by atoms with Crippen LogP contribution in [0.25, 0.3) is 10.9 Å². The largest absolute Gasteiger partial charge is 0.349 e. The first-order valence-electron chi connectivity index (χ1n) is 13.3. The number of pyridine rings is 1. The van der Waals surface area contributed by atoms with Crippen LogP contribution in [-0.2, 0) is 11.2 Å². The second-order valence-electron chi connectivity index (χ2n) is 10.8. The number of benzene rings is 2. The molecule has 3 amide bonds. The maximum Gasteiger partial charge on any atom is 0.256 e. The molecule has 37 heavy (non-hydrogen) atoms. The summed E-state index contributed by atoms with van der Waals surface area (Å²) >= 11 is 0.